The largest absolute Gasteiger partial charge is 0.481 e. The maximum absolute atomic E-state index is 14.0. The van der Waals surface area contributed by atoms with Crippen molar-refractivity contribution in [2.75, 3.05) is 26.3 Å². The highest BCUT2D eigenvalue weighted by Crippen LogP contribution is 2.76. The zero-order chi connectivity index (χ0) is 37.5. The molecule has 1 aliphatic heterocycles. The van der Waals surface area contributed by atoms with E-state index in [2.05, 4.69) is 70.5 Å². The number of piperidine rings is 1. The fourth-order valence-corrected chi connectivity index (χ4v) is 15.1. The third kappa shape index (κ3) is 5.57. The van der Waals surface area contributed by atoms with Crippen LogP contribution in [0.2, 0.25) is 0 Å². The van der Waals surface area contributed by atoms with Gasteiger partial charge in [0, 0.05) is 18.6 Å². The van der Waals surface area contributed by atoms with E-state index >= 15 is 0 Å². The van der Waals surface area contributed by atoms with Gasteiger partial charge in [-0.1, -0.05) is 65.3 Å². The number of hydrogen-bond donors (Lipinski definition) is 3. The number of aliphatic carboxylic acids is 2. The summed E-state index contributed by atoms with van der Waals surface area (Å²) in [6, 6.07) is -0.343. The summed E-state index contributed by atoms with van der Waals surface area (Å²) >= 11 is 0. The van der Waals surface area contributed by atoms with Gasteiger partial charge in [-0.25, -0.2) is 4.39 Å². The SMILES string of the molecule is C=C(C)[C@@H]1CC[C@]2(NCCN3CCCCC3C(=O)O)CC[C@]3(C)[C@H](CC[C@@H]4[C@@]5(C)CC=C(C6=CC[C@@](CF)(C(=O)O)CC6)C(C)(C)[C@@H]5CC[C@]43C)[C@@H]12. The Morgan fingerprint density at radius 1 is 0.904 bits per heavy atom. The third-order valence-corrected chi connectivity index (χ3v) is 18.1. The Kier molecular flexibility index (Phi) is 9.83. The van der Waals surface area contributed by atoms with Crippen molar-refractivity contribution < 1.29 is 24.2 Å². The van der Waals surface area contributed by atoms with Gasteiger partial charge in [-0.2, -0.15) is 0 Å². The highest BCUT2D eigenvalue weighted by Gasteiger charge is 2.70. The van der Waals surface area contributed by atoms with Crippen molar-refractivity contribution in [1.29, 1.82) is 0 Å². The van der Waals surface area contributed by atoms with E-state index in [9.17, 15) is 24.2 Å². The van der Waals surface area contributed by atoms with E-state index in [0.717, 1.165) is 45.3 Å². The lowest BCUT2D eigenvalue weighted by molar-refractivity contribution is -0.221. The first-order valence-corrected chi connectivity index (χ1v) is 21.1. The Hall–Kier alpha value is -1.99. The number of halogens is 1. The van der Waals surface area contributed by atoms with Crippen LogP contribution in [0.25, 0.3) is 0 Å². The van der Waals surface area contributed by atoms with Gasteiger partial charge in [0.05, 0.1) is 5.41 Å². The lowest BCUT2D eigenvalue weighted by Crippen LogP contribution is -2.68. The van der Waals surface area contributed by atoms with Crippen LogP contribution in [0.4, 0.5) is 4.39 Å². The van der Waals surface area contributed by atoms with Gasteiger partial charge in [0.2, 0.25) is 0 Å². The lowest BCUT2D eigenvalue weighted by atomic mass is 9.33. The summed E-state index contributed by atoms with van der Waals surface area (Å²) in [7, 11) is 0. The Labute approximate surface area is 313 Å². The average Bonchev–Trinajstić information content (AvgIpc) is 3.48. The Morgan fingerprint density at radius 2 is 1.67 bits per heavy atom. The molecule has 0 aromatic carbocycles. The smallest absolute Gasteiger partial charge is 0.320 e. The molecule has 4 saturated carbocycles. The summed E-state index contributed by atoms with van der Waals surface area (Å²) in [5.41, 5.74) is 3.51. The van der Waals surface area contributed by atoms with Crippen LogP contribution < -0.4 is 5.32 Å². The van der Waals surface area contributed by atoms with Crippen molar-refractivity contribution in [3.63, 3.8) is 0 Å². The third-order valence-electron chi connectivity index (χ3n) is 18.1. The predicted molar refractivity (Wildman–Crippen MR) is 206 cm³/mol. The summed E-state index contributed by atoms with van der Waals surface area (Å²) in [5, 5.41) is 23.9. The Bertz CT molecular complexity index is 1520. The molecular formula is C45H69FN2O4. The van der Waals surface area contributed by atoms with E-state index in [0.29, 0.717) is 42.4 Å². The maximum atomic E-state index is 14.0. The van der Waals surface area contributed by atoms with E-state index in [-0.39, 0.29) is 39.7 Å². The molecule has 0 radical (unpaired) electrons. The summed E-state index contributed by atoms with van der Waals surface area (Å²) in [5.74, 6) is 1.27. The van der Waals surface area contributed by atoms with Gasteiger partial charge in [-0.15, -0.1) is 0 Å². The fourth-order valence-electron chi connectivity index (χ4n) is 15.1. The second-order valence-electron chi connectivity index (χ2n) is 20.4. The van der Waals surface area contributed by atoms with E-state index < -0.39 is 24.0 Å². The molecule has 7 rings (SSSR count). The molecule has 1 unspecified atom stereocenters. The van der Waals surface area contributed by atoms with E-state index in [4.69, 9.17) is 0 Å². The Balaban J connectivity index is 1.14. The molecule has 0 aromatic rings. The molecule has 3 N–H and O–H groups in total. The van der Waals surface area contributed by atoms with Gasteiger partial charge in [-0.05, 0) is 166 Å². The minimum absolute atomic E-state index is 0.0208. The molecule has 11 atom stereocenters. The summed E-state index contributed by atoms with van der Waals surface area (Å²) < 4.78 is 14.0. The highest BCUT2D eigenvalue weighted by atomic mass is 19.1. The van der Waals surface area contributed by atoms with Gasteiger partial charge in [0.15, 0.2) is 0 Å². The van der Waals surface area contributed by atoms with Gasteiger partial charge < -0.3 is 15.5 Å². The van der Waals surface area contributed by atoms with Crippen molar-refractivity contribution in [3.05, 3.63) is 35.5 Å². The van der Waals surface area contributed by atoms with Crippen molar-refractivity contribution >= 4 is 11.9 Å². The minimum Gasteiger partial charge on any atom is -0.481 e. The van der Waals surface area contributed by atoms with E-state index in [1.807, 2.05) is 0 Å². The van der Waals surface area contributed by atoms with Crippen LogP contribution in [0, 0.1) is 56.7 Å². The molecule has 7 aliphatic rings. The first-order chi connectivity index (χ1) is 24.5. The molecule has 0 spiro atoms. The summed E-state index contributed by atoms with van der Waals surface area (Å²) in [6.07, 6.45) is 19.7. The summed E-state index contributed by atoms with van der Waals surface area (Å²) in [6.45, 7) is 21.5. The van der Waals surface area contributed by atoms with Crippen molar-refractivity contribution in [2.45, 2.75) is 149 Å². The Morgan fingerprint density at radius 3 is 2.33 bits per heavy atom. The molecule has 0 amide bonds. The van der Waals surface area contributed by atoms with Gasteiger partial charge in [-0.3, -0.25) is 14.5 Å². The predicted octanol–water partition coefficient (Wildman–Crippen LogP) is 9.61. The van der Waals surface area contributed by atoms with Gasteiger partial charge in [0.25, 0.3) is 0 Å². The molecule has 0 aromatic heterocycles. The molecule has 52 heavy (non-hydrogen) atoms. The molecule has 6 nitrogen and oxygen atoms in total. The molecule has 6 aliphatic carbocycles. The first-order valence-electron chi connectivity index (χ1n) is 21.1. The van der Waals surface area contributed by atoms with Gasteiger partial charge >= 0.3 is 11.9 Å². The average molecular weight is 721 g/mol. The molecule has 5 fully saturated rings. The molecule has 0 bridgehead atoms. The number of likely N-dealkylation sites (tertiary alicyclic amines) is 1. The topological polar surface area (TPSA) is 89.9 Å². The number of carbonyl (C=O) groups is 2. The zero-order valence-electron chi connectivity index (χ0n) is 33.3. The van der Waals surface area contributed by atoms with Crippen molar-refractivity contribution in [3.8, 4) is 0 Å². The van der Waals surface area contributed by atoms with Crippen LogP contribution in [0.5, 0.6) is 0 Å². The molecule has 1 heterocycles. The number of allylic oxidation sites excluding steroid dienone is 5. The monoisotopic (exact) mass is 721 g/mol. The highest BCUT2D eigenvalue weighted by molar-refractivity contribution is 5.75. The number of carboxylic acid groups (broad SMARTS) is 2. The zero-order valence-corrected chi connectivity index (χ0v) is 33.3. The minimum atomic E-state index is -1.26. The van der Waals surface area contributed by atoms with Crippen molar-refractivity contribution in [1.82, 2.24) is 10.2 Å². The van der Waals surface area contributed by atoms with Crippen LogP contribution in [-0.2, 0) is 9.59 Å². The normalized spacial score (nSPS) is 45.8. The molecule has 1 saturated heterocycles. The van der Waals surface area contributed by atoms with E-state index in [1.165, 1.54) is 68.1 Å². The van der Waals surface area contributed by atoms with Gasteiger partial charge in [0.1, 0.15) is 12.7 Å². The van der Waals surface area contributed by atoms with Crippen molar-refractivity contribution in [2.24, 2.45) is 56.7 Å². The lowest BCUT2D eigenvalue weighted by Gasteiger charge is -2.72. The van der Waals surface area contributed by atoms with Crippen LogP contribution in [-0.4, -0.2) is 64.9 Å². The number of fused-ring (bicyclic) bond motifs is 7. The number of carboxylic acids is 2. The first kappa shape index (κ1) is 38.3. The number of hydrogen-bond acceptors (Lipinski definition) is 4. The van der Waals surface area contributed by atoms with Crippen LogP contribution in [0.15, 0.2) is 35.5 Å². The number of alkyl halides is 1. The standard InChI is InChI=1S/C45H69FN2O4/c1-29(2)31-15-22-45(47-25-27-48-26-9-8-10-34(48)38(49)50)24-23-42(6)33(37(31)45)11-12-36-41(5)18-16-32(40(3,4)35(41)17-19-43(36,42)7)30-13-20-44(28-46,21-14-30)39(51)52/h13,16,31,33-37,47H,1,8-12,14-15,17-28H2,2-7H3,(H,49,50)(H,51,52)/t31-,33+,34?,35-,36+,37+,41-,42+,43+,44+,45-/m0/s1. The molecule has 7 heteroatoms. The quantitative estimate of drug-likeness (QED) is 0.206. The second-order valence-corrected chi connectivity index (χ2v) is 20.4. The molecule has 290 valence electrons. The van der Waals surface area contributed by atoms with Crippen LogP contribution in [0.3, 0.4) is 0 Å². The fraction of sp³-hybridized carbons (Fsp3) is 0.822. The second kappa shape index (κ2) is 13.3. The van der Waals surface area contributed by atoms with Crippen LogP contribution >= 0.6 is 0 Å². The number of nitrogens with one attached hydrogen (secondary N) is 1. The van der Waals surface area contributed by atoms with E-state index in [1.54, 1.807) is 0 Å². The number of nitrogens with zero attached hydrogens (tertiary/aromatic N) is 1. The number of rotatable bonds is 9. The summed E-state index contributed by atoms with van der Waals surface area (Å²) in [4.78, 5) is 26.3. The maximum Gasteiger partial charge on any atom is 0.320 e. The van der Waals surface area contributed by atoms with Crippen LogP contribution in [0.1, 0.15) is 138 Å². The molecular weight excluding hydrogens is 652 g/mol.